The molecule has 174 valence electrons. The molecule has 0 aliphatic carbocycles. The quantitative estimate of drug-likeness (QED) is 0.458. The minimum Gasteiger partial charge on any atom is -0.437 e. The summed E-state index contributed by atoms with van der Waals surface area (Å²) in [6.07, 6.45) is 4.60. The van der Waals surface area contributed by atoms with Crippen LogP contribution in [0, 0.1) is 18.6 Å². The normalized spacial score (nSPS) is 13.9. The van der Waals surface area contributed by atoms with Gasteiger partial charge in [-0.3, -0.25) is 4.98 Å². The van der Waals surface area contributed by atoms with Crippen LogP contribution in [0.3, 0.4) is 0 Å². The zero-order chi connectivity index (χ0) is 23.7. The molecule has 0 spiro atoms. The molecule has 34 heavy (non-hydrogen) atoms. The van der Waals surface area contributed by atoms with Gasteiger partial charge in [0.15, 0.2) is 0 Å². The SMILES string of the molecule is Cc1nccnc1Oc1ccc(N2CCN(C(=O)Nc3c[nH]c4c(F)ccc(F)c34)CC2)cc1. The number of urea groups is 1. The highest BCUT2D eigenvalue weighted by Crippen LogP contribution is 2.29. The summed E-state index contributed by atoms with van der Waals surface area (Å²) in [5.74, 6) is -0.0473. The number of anilines is 2. The molecule has 1 aliphatic rings. The Bertz CT molecular complexity index is 1330. The van der Waals surface area contributed by atoms with E-state index in [4.69, 9.17) is 4.74 Å². The number of nitrogens with one attached hydrogen (secondary N) is 2. The lowest BCUT2D eigenvalue weighted by Gasteiger charge is -2.36. The largest absolute Gasteiger partial charge is 0.437 e. The van der Waals surface area contributed by atoms with E-state index in [0.29, 0.717) is 43.5 Å². The standard InChI is InChI=1S/C24H22F2N6O2/c1-15-23(28-9-8-27-15)34-17-4-2-16(3-5-17)31-10-12-32(13-11-31)24(33)30-20-14-29-22-19(26)7-6-18(25)21(20)22/h2-9,14,29H,10-13H2,1H3,(H,30,33). The molecule has 10 heteroatoms. The monoisotopic (exact) mass is 464 g/mol. The van der Waals surface area contributed by atoms with Crippen molar-refractivity contribution in [2.75, 3.05) is 36.4 Å². The first-order chi connectivity index (χ1) is 16.5. The lowest BCUT2D eigenvalue weighted by Crippen LogP contribution is -2.50. The average Bonchev–Trinajstić information content (AvgIpc) is 3.28. The molecule has 1 fully saturated rings. The topological polar surface area (TPSA) is 86.4 Å². The summed E-state index contributed by atoms with van der Waals surface area (Å²) >= 11 is 0. The van der Waals surface area contributed by atoms with Crippen LogP contribution in [-0.4, -0.2) is 52.1 Å². The first kappa shape index (κ1) is 21.6. The highest BCUT2D eigenvalue weighted by atomic mass is 19.1. The lowest BCUT2D eigenvalue weighted by molar-refractivity contribution is 0.208. The number of piperazine rings is 1. The first-order valence-corrected chi connectivity index (χ1v) is 10.8. The van der Waals surface area contributed by atoms with Crippen LogP contribution < -0.4 is 15.0 Å². The molecule has 0 unspecified atom stereocenters. The van der Waals surface area contributed by atoms with Crippen LogP contribution in [0.15, 0.2) is 55.0 Å². The molecule has 8 nitrogen and oxygen atoms in total. The Kier molecular flexibility index (Phi) is 5.70. The molecule has 0 radical (unpaired) electrons. The zero-order valence-corrected chi connectivity index (χ0v) is 18.4. The first-order valence-electron chi connectivity index (χ1n) is 10.8. The van der Waals surface area contributed by atoms with E-state index in [1.54, 1.807) is 17.3 Å². The number of H-pyrrole nitrogens is 1. The number of hydrogen-bond acceptors (Lipinski definition) is 5. The van der Waals surface area contributed by atoms with Gasteiger partial charge in [-0.1, -0.05) is 0 Å². The van der Waals surface area contributed by atoms with Crippen molar-refractivity contribution in [3.63, 3.8) is 0 Å². The molecule has 0 bridgehead atoms. The van der Waals surface area contributed by atoms with Crippen molar-refractivity contribution in [3.05, 3.63) is 72.3 Å². The number of carbonyl (C=O) groups excluding carboxylic acids is 1. The number of aromatic nitrogens is 3. The second-order valence-corrected chi connectivity index (χ2v) is 7.93. The number of carbonyl (C=O) groups is 1. The van der Waals surface area contributed by atoms with Gasteiger partial charge in [0.25, 0.3) is 0 Å². The molecule has 0 saturated carbocycles. The van der Waals surface area contributed by atoms with Gasteiger partial charge in [-0.2, -0.15) is 0 Å². The van der Waals surface area contributed by atoms with Gasteiger partial charge in [-0.05, 0) is 43.3 Å². The number of amides is 2. The minimum absolute atomic E-state index is 0.0296. The van der Waals surface area contributed by atoms with E-state index in [-0.39, 0.29) is 22.6 Å². The third-order valence-corrected chi connectivity index (χ3v) is 5.79. The fourth-order valence-electron chi connectivity index (χ4n) is 3.96. The number of benzene rings is 2. The number of ether oxygens (including phenoxy) is 1. The third-order valence-electron chi connectivity index (χ3n) is 5.79. The van der Waals surface area contributed by atoms with E-state index < -0.39 is 11.6 Å². The molecule has 4 aromatic rings. The average molecular weight is 464 g/mol. The maximum atomic E-state index is 14.2. The molecule has 1 saturated heterocycles. The molecule has 1 aliphatic heterocycles. The summed E-state index contributed by atoms with van der Waals surface area (Å²) in [6, 6.07) is 9.40. The fraction of sp³-hybridized carbons (Fsp3) is 0.208. The maximum Gasteiger partial charge on any atom is 0.322 e. The van der Waals surface area contributed by atoms with E-state index in [1.165, 1.54) is 6.20 Å². The van der Waals surface area contributed by atoms with Crippen molar-refractivity contribution >= 4 is 28.3 Å². The molecule has 2 aromatic heterocycles. The summed E-state index contributed by atoms with van der Waals surface area (Å²) in [6.45, 7) is 4.07. The summed E-state index contributed by atoms with van der Waals surface area (Å²) in [5, 5.41) is 2.73. The number of hydrogen-bond donors (Lipinski definition) is 2. The predicted molar refractivity (Wildman–Crippen MR) is 124 cm³/mol. The molecular formula is C24H22F2N6O2. The number of nitrogens with zero attached hydrogens (tertiary/aromatic N) is 4. The Labute approximate surface area is 194 Å². The highest BCUT2D eigenvalue weighted by Gasteiger charge is 2.23. The smallest absolute Gasteiger partial charge is 0.322 e. The van der Waals surface area contributed by atoms with Crippen LogP contribution in [0.5, 0.6) is 11.6 Å². The van der Waals surface area contributed by atoms with Crippen molar-refractivity contribution in [1.29, 1.82) is 0 Å². The van der Waals surface area contributed by atoms with Crippen LogP contribution in [0.2, 0.25) is 0 Å². The molecular weight excluding hydrogens is 442 g/mol. The zero-order valence-electron chi connectivity index (χ0n) is 18.4. The Morgan fingerprint density at radius 3 is 2.44 bits per heavy atom. The van der Waals surface area contributed by atoms with Crippen LogP contribution in [0.1, 0.15) is 5.69 Å². The molecule has 3 heterocycles. The third kappa shape index (κ3) is 4.21. The van der Waals surface area contributed by atoms with Crippen molar-refractivity contribution in [3.8, 4) is 11.6 Å². The van der Waals surface area contributed by atoms with Crippen molar-refractivity contribution in [2.24, 2.45) is 0 Å². The second kappa shape index (κ2) is 8.97. The van der Waals surface area contributed by atoms with E-state index in [9.17, 15) is 13.6 Å². The Hall–Kier alpha value is -4.21. The number of aryl methyl sites for hydroxylation is 1. The number of rotatable bonds is 4. The van der Waals surface area contributed by atoms with E-state index >= 15 is 0 Å². The van der Waals surface area contributed by atoms with Crippen LogP contribution in [0.25, 0.3) is 10.9 Å². The molecule has 2 aromatic carbocycles. The minimum atomic E-state index is -0.598. The van der Waals surface area contributed by atoms with E-state index in [2.05, 4.69) is 25.2 Å². The van der Waals surface area contributed by atoms with E-state index in [1.807, 2.05) is 31.2 Å². The Balaban J connectivity index is 1.19. The summed E-state index contributed by atoms with van der Waals surface area (Å²) in [5.41, 5.74) is 1.97. The van der Waals surface area contributed by atoms with Gasteiger partial charge in [0.2, 0.25) is 5.88 Å². The number of halogens is 2. The summed E-state index contributed by atoms with van der Waals surface area (Å²) in [4.78, 5) is 27.6. The van der Waals surface area contributed by atoms with Crippen LogP contribution >= 0.6 is 0 Å². The van der Waals surface area contributed by atoms with Gasteiger partial charge in [0, 0.05) is 50.5 Å². The summed E-state index contributed by atoms with van der Waals surface area (Å²) in [7, 11) is 0. The predicted octanol–water partition coefficient (Wildman–Crippen LogP) is 4.69. The summed E-state index contributed by atoms with van der Waals surface area (Å²) < 4.78 is 33.9. The number of fused-ring (bicyclic) bond motifs is 1. The molecule has 5 rings (SSSR count). The fourth-order valence-corrected chi connectivity index (χ4v) is 3.96. The Morgan fingerprint density at radius 2 is 1.71 bits per heavy atom. The maximum absolute atomic E-state index is 14.2. The van der Waals surface area contributed by atoms with Gasteiger partial charge in [-0.15, -0.1) is 0 Å². The van der Waals surface area contributed by atoms with Gasteiger partial charge in [-0.25, -0.2) is 18.6 Å². The second-order valence-electron chi connectivity index (χ2n) is 7.93. The van der Waals surface area contributed by atoms with Crippen molar-refractivity contribution < 1.29 is 18.3 Å². The van der Waals surface area contributed by atoms with Crippen LogP contribution in [0.4, 0.5) is 25.0 Å². The van der Waals surface area contributed by atoms with Gasteiger partial charge >= 0.3 is 6.03 Å². The van der Waals surface area contributed by atoms with Gasteiger partial charge < -0.3 is 24.8 Å². The number of aromatic amines is 1. The molecule has 2 N–H and O–H groups in total. The van der Waals surface area contributed by atoms with Gasteiger partial charge in [0.05, 0.1) is 22.3 Å². The van der Waals surface area contributed by atoms with E-state index in [0.717, 1.165) is 17.8 Å². The van der Waals surface area contributed by atoms with Crippen LogP contribution in [-0.2, 0) is 0 Å². The van der Waals surface area contributed by atoms with Gasteiger partial charge in [0.1, 0.15) is 17.4 Å². The Morgan fingerprint density at radius 1 is 1.00 bits per heavy atom. The van der Waals surface area contributed by atoms with Crippen molar-refractivity contribution in [2.45, 2.75) is 6.92 Å². The lowest BCUT2D eigenvalue weighted by atomic mass is 10.2. The molecule has 0 atom stereocenters. The molecule has 2 amide bonds. The van der Waals surface area contributed by atoms with Crippen molar-refractivity contribution in [1.82, 2.24) is 19.9 Å². The highest BCUT2D eigenvalue weighted by molar-refractivity contribution is 6.01.